The number of unbranched alkanes of at least 4 members (excludes halogenated alkanes) is 1. The zero-order valence-corrected chi connectivity index (χ0v) is 16.5. The fraction of sp³-hybridized carbons (Fsp3) is 0.550. The molecular weight excluding hydrogens is 362 g/mol. The molecule has 28 heavy (non-hydrogen) atoms. The molecule has 1 saturated heterocycles. The van der Waals surface area contributed by atoms with Gasteiger partial charge >= 0.3 is 0 Å². The minimum absolute atomic E-state index is 0.103. The molecule has 2 aliphatic rings. The Morgan fingerprint density at radius 1 is 1.07 bits per heavy atom. The molecule has 0 spiro atoms. The molecule has 152 valence electrons. The van der Waals surface area contributed by atoms with Gasteiger partial charge in [0.25, 0.3) is 0 Å². The Labute approximate surface area is 164 Å². The van der Waals surface area contributed by atoms with Gasteiger partial charge in [-0.25, -0.2) is 0 Å². The van der Waals surface area contributed by atoms with Gasteiger partial charge in [0.1, 0.15) is 0 Å². The van der Waals surface area contributed by atoms with Crippen LogP contribution in [0.4, 0.5) is 5.69 Å². The number of benzene rings is 1. The fourth-order valence-electron chi connectivity index (χ4n) is 3.37. The molecule has 3 rings (SSSR count). The van der Waals surface area contributed by atoms with Crippen molar-refractivity contribution in [2.45, 2.75) is 33.1 Å². The van der Waals surface area contributed by atoms with E-state index < -0.39 is 0 Å². The summed E-state index contributed by atoms with van der Waals surface area (Å²) in [4.78, 5) is 40.4. The summed E-state index contributed by atoms with van der Waals surface area (Å²) >= 11 is 0. The molecule has 2 aliphatic heterocycles. The third-order valence-corrected chi connectivity index (χ3v) is 5.00. The van der Waals surface area contributed by atoms with Crippen molar-refractivity contribution >= 4 is 23.3 Å². The van der Waals surface area contributed by atoms with Crippen molar-refractivity contribution < 1.29 is 23.9 Å². The number of carbonyl (C=O) groups is 3. The Bertz CT molecular complexity index is 756. The van der Waals surface area contributed by atoms with Crippen molar-refractivity contribution in [3.63, 3.8) is 0 Å². The van der Waals surface area contributed by atoms with Crippen LogP contribution in [-0.4, -0.2) is 66.9 Å². The average Bonchev–Trinajstić information content (AvgIpc) is 3.13. The van der Waals surface area contributed by atoms with Crippen LogP contribution in [0, 0.1) is 0 Å². The number of carbonyl (C=O) groups excluding carboxylic acids is 3. The van der Waals surface area contributed by atoms with Crippen molar-refractivity contribution in [3.8, 4) is 11.5 Å². The topological polar surface area (TPSA) is 88.2 Å². The molecule has 1 aromatic rings. The van der Waals surface area contributed by atoms with E-state index in [1.807, 2.05) is 9.80 Å². The number of piperazine rings is 1. The quantitative estimate of drug-likeness (QED) is 0.717. The Morgan fingerprint density at radius 3 is 2.39 bits per heavy atom. The minimum atomic E-state index is -0.202. The maximum atomic E-state index is 12.5. The first kappa shape index (κ1) is 20.1. The van der Waals surface area contributed by atoms with Crippen molar-refractivity contribution in [2.75, 3.05) is 44.8 Å². The van der Waals surface area contributed by atoms with Crippen LogP contribution >= 0.6 is 0 Å². The van der Waals surface area contributed by atoms with Crippen LogP contribution in [0.15, 0.2) is 12.1 Å². The second-order valence-corrected chi connectivity index (χ2v) is 7.12. The van der Waals surface area contributed by atoms with Gasteiger partial charge in [-0.1, -0.05) is 13.3 Å². The van der Waals surface area contributed by atoms with Crippen LogP contribution in [0.25, 0.3) is 0 Å². The van der Waals surface area contributed by atoms with Crippen LogP contribution in [0.5, 0.6) is 11.5 Å². The number of nitrogens with zero attached hydrogens (tertiary/aromatic N) is 2. The van der Waals surface area contributed by atoms with E-state index in [-0.39, 0.29) is 30.9 Å². The van der Waals surface area contributed by atoms with Crippen molar-refractivity contribution in [3.05, 3.63) is 17.7 Å². The lowest BCUT2D eigenvalue weighted by Gasteiger charge is -2.34. The molecule has 0 atom stereocenters. The molecule has 1 N–H and O–H groups in total. The number of amides is 2. The van der Waals surface area contributed by atoms with Gasteiger partial charge < -0.3 is 19.7 Å². The highest BCUT2D eigenvalue weighted by atomic mass is 16.7. The average molecular weight is 389 g/mol. The van der Waals surface area contributed by atoms with E-state index in [0.717, 1.165) is 12.8 Å². The van der Waals surface area contributed by atoms with E-state index in [2.05, 4.69) is 12.2 Å². The Hall–Kier alpha value is -2.61. The lowest BCUT2D eigenvalue weighted by atomic mass is 10.1. The second-order valence-electron chi connectivity index (χ2n) is 7.12. The highest BCUT2D eigenvalue weighted by Crippen LogP contribution is 2.37. The minimum Gasteiger partial charge on any atom is -0.454 e. The number of hydrogen-bond acceptors (Lipinski definition) is 6. The third-order valence-electron chi connectivity index (χ3n) is 5.00. The first-order valence-electron chi connectivity index (χ1n) is 9.72. The van der Waals surface area contributed by atoms with E-state index >= 15 is 0 Å². The van der Waals surface area contributed by atoms with Crippen LogP contribution in [0.3, 0.4) is 0 Å². The summed E-state index contributed by atoms with van der Waals surface area (Å²) in [5, 5.41) is 2.81. The van der Waals surface area contributed by atoms with Gasteiger partial charge in [0.05, 0.1) is 12.2 Å². The fourth-order valence-corrected chi connectivity index (χ4v) is 3.37. The molecule has 8 heteroatoms. The Balaban J connectivity index is 1.54. The summed E-state index contributed by atoms with van der Waals surface area (Å²) in [6.07, 6.45) is 2.51. The van der Waals surface area contributed by atoms with E-state index in [9.17, 15) is 14.4 Å². The van der Waals surface area contributed by atoms with Gasteiger partial charge in [-0.15, -0.1) is 0 Å². The molecule has 0 radical (unpaired) electrons. The number of rotatable bonds is 7. The summed E-state index contributed by atoms with van der Waals surface area (Å²) in [7, 11) is 0. The first-order chi connectivity index (χ1) is 13.5. The number of fused-ring (bicyclic) bond motifs is 1. The normalized spacial score (nSPS) is 16.1. The summed E-state index contributed by atoms with van der Waals surface area (Å²) in [6.45, 7) is 6.42. The molecule has 1 aromatic carbocycles. The van der Waals surface area contributed by atoms with E-state index in [0.29, 0.717) is 55.3 Å². The molecule has 8 nitrogen and oxygen atoms in total. The van der Waals surface area contributed by atoms with Gasteiger partial charge in [0.2, 0.25) is 18.6 Å². The smallest absolute Gasteiger partial charge is 0.238 e. The van der Waals surface area contributed by atoms with Crippen LogP contribution in [0.2, 0.25) is 0 Å². The number of Topliss-reactive ketones (excluding diaryl/α,β-unsaturated/α-hetero) is 1. The number of hydrogen-bond donors (Lipinski definition) is 1. The van der Waals surface area contributed by atoms with E-state index in [4.69, 9.17) is 9.47 Å². The predicted octanol–water partition coefficient (Wildman–Crippen LogP) is 1.89. The third kappa shape index (κ3) is 4.81. The van der Waals surface area contributed by atoms with E-state index in [1.165, 1.54) is 6.92 Å². The summed E-state index contributed by atoms with van der Waals surface area (Å²) in [6, 6.07) is 3.22. The highest BCUT2D eigenvalue weighted by molar-refractivity contribution is 6.05. The molecule has 0 aliphatic carbocycles. The maximum Gasteiger partial charge on any atom is 0.238 e. The van der Waals surface area contributed by atoms with Gasteiger partial charge in [-0.2, -0.15) is 0 Å². The second kappa shape index (κ2) is 9.05. The number of ketones is 1. The molecule has 2 heterocycles. The van der Waals surface area contributed by atoms with Gasteiger partial charge in [0.15, 0.2) is 17.3 Å². The number of nitrogens with one attached hydrogen (secondary N) is 1. The Kier molecular flexibility index (Phi) is 6.51. The molecular formula is C20H27N3O5. The monoisotopic (exact) mass is 389 g/mol. The number of ether oxygens (including phenoxy) is 2. The zero-order chi connectivity index (χ0) is 20.1. The molecule has 0 bridgehead atoms. The maximum absolute atomic E-state index is 12.5. The molecule has 0 saturated carbocycles. The summed E-state index contributed by atoms with van der Waals surface area (Å²) < 4.78 is 10.6. The van der Waals surface area contributed by atoms with E-state index in [1.54, 1.807) is 12.1 Å². The standard InChI is InChI=1S/C20H27N3O5/c1-3-4-5-20(26)23-8-6-22(7-9-23)12-19(25)21-16-11-18-17(27-13-28-18)10-15(16)14(2)24/h10-11H,3-9,12-13H2,1-2H3,(H,21,25). The molecule has 2 amide bonds. The van der Waals surface area contributed by atoms with Gasteiger partial charge in [-0.05, 0) is 19.4 Å². The van der Waals surface area contributed by atoms with Gasteiger partial charge in [0, 0.05) is 44.2 Å². The van der Waals surface area contributed by atoms with Crippen LogP contribution in [0.1, 0.15) is 43.5 Å². The molecule has 0 unspecified atom stereocenters. The predicted molar refractivity (Wildman–Crippen MR) is 104 cm³/mol. The molecule has 1 fully saturated rings. The first-order valence-corrected chi connectivity index (χ1v) is 9.72. The lowest BCUT2D eigenvalue weighted by molar-refractivity contribution is -0.133. The Morgan fingerprint density at radius 2 is 1.75 bits per heavy atom. The van der Waals surface area contributed by atoms with Crippen molar-refractivity contribution in [1.29, 1.82) is 0 Å². The largest absolute Gasteiger partial charge is 0.454 e. The lowest BCUT2D eigenvalue weighted by Crippen LogP contribution is -2.50. The van der Waals surface area contributed by atoms with Crippen LogP contribution in [-0.2, 0) is 9.59 Å². The summed E-state index contributed by atoms with van der Waals surface area (Å²) in [5.74, 6) is 0.851. The van der Waals surface area contributed by atoms with Crippen molar-refractivity contribution in [2.24, 2.45) is 0 Å². The SMILES string of the molecule is CCCCC(=O)N1CCN(CC(=O)Nc2cc3c(cc2C(C)=O)OCO3)CC1. The summed E-state index contributed by atoms with van der Waals surface area (Å²) in [5.41, 5.74) is 0.819. The van der Waals surface area contributed by atoms with Crippen LogP contribution < -0.4 is 14.8 Å². The number of anilines is 1. The van der Waals surface area contributed by atoms with Gasteiger partial charge in [-0.3, -0.25) is 19.3 Å². The molecule has 0 aromatic heterocycles. The zero-order valence-electron chi connectivity index (χ0n) is 16.5. The highest BCUT2D eigenvalue weighted by Gasteiger charge is 2.24. The van der Waals surface area contributed by atoms with Crippen molar-refractivity contribution in [1.82, 2.24) is 9.80 Å².